The zero-order valence-corrected chi connectivity index (χ0v) is 14.6. The molecule has 26 heavy (non-hydrogen) atoms. The number of H-pyrrole nitrogens is 1. The van der Waals surface area contributed by atoms with Gasteiger partial charge in [-0.2, -0.15) is 10.2 Å². The van der Waals surface area contributed by atoms with Crippen LogP contribution in [0.2, 0.25) is 0 Å². The van der Waals surface area contributed by atoms with Crippen molar-refractivity contribution in [2.45, 2.75) is 26.8 Å². The number of aromatic nitrogens is 4. The monoisotopic (exact) mass is 355 g/mol. The molecule has 0 bridgehead atoms. The van der Waals surface area contributed by atoms with Crippen LogP contribution in [0.1, 0.15) is 35.9 Å². The fourth-order valence-electron chi connectivity index (χ4n) is 2.48. The lowest BCUT2D eigenvalue weighted by atomic mass is 10.0. The van der Waals surface area contributed by atoms with E-state index in [1.54, 1.807) is 23.9 Å². The van der Waals surface area contributed by atoms with Gasteiger partial charge < -0.3 is 5.32 Å². The number of hydrogen-bond donors (Lipinski definition) is 2. The Bertz CT molecular complexity index is 1020. The molecule has 0 saturated carbocycles. The highest BCUT2D eigenvalue weighted by Crippen LogP contribution is 2.20. The van der Waals surface area contributed by atoms with Crippen LogP contribution in [0.25, 0.3) is 11.1 Å². The summed E-state index contributed by atoms with van der Waals surface area (Å²) in [6.07, 6.45) is 3.22. The summed E-state index contributed by atoms with van der Waals surface area (Å²) in [7, 11) is 0. The second kappa shape index (κ2) is 6.91. The van der Waals surface area contributed by atoms with Crippen molar-refractivity contribution < 1.29 is 9.18 Å². The van der Waals surface area contributed by atoms with E-state index in [-0.39, 0.29) is 17.2 Å². The molecule has 8 heteroatoms. The van der Waals surface area contributed by atoms with E-state index in [4.69, 9.17) is 0 Å². The SMILES string of the molecule is Cc1cc(-c2cc(F)cc(C(=O)Nc3cnn(C(C)C)c3)c2)c(=O)[nH]n1. The minimum Gasteiger partial charge on any atom is -0.319 e. The number of hydrogen-bond acceptors (Lipinski definition) is 4. The lowest BCUT2D eigenvalue weighted by Gasteiger charge is -2.07. The minimum absolute atomic E-state index is 0.103. The van der Waals surface area contributed by atoms with Crippen molar-refractivity contribution in [3.8, 4) is 11.1 Å². The molecular weight excluding hydrogens is 337 g/mol. The van der Waals surface area contributed by atoms with Crippen molar-refractivity contribution in [1.82, 2.24) is 20.0 Å². The van der Waals surface area contributed by atoms with Gasteiger partial charge in [0.15, 0.2) is 0 Å². The molecule has 1 amide bonds. The van der Waals surface area contributed by atoms with Gasteiger partial charge in [-0.1, -0.05) is 0 Å². The number of aryl methyl sites for hydroxylation is 1. The highest BCUT2D eigenvalue weighted by Gasteiger charge is 2.13. The van der Waals surface area contributed by atoms with Crippen LogP contribution in [0.3, 0.4) is 0 Å². The summed E-state index contributed by atoms with van der Waals surface area (Å²) in [6, 6.07) is 5.49. The van der Waals surface area contributed by atoms with Crippen LogP contribution in [0.15, 0.2) is 41.5 Å². The number of amides is 1. The van der Waals surface area contributed by atoms with E-state index in [1.165, 1.54) is 18.3 Å². The third kappa shape index (κ3) is 3.69. The molecule has 134 valence electrons. The number of carbonyl (C=O) groups excluding carboxylic acids is 1. The fourth-order valence-corrected chi connectivity index (χ4v) is 2.48. The lowest BCUT2D eigenvalue weighted by molar-refractivity contribution is 0.102. The van der Waals surface area contributed by atoms with Gasteiger partial charge in [0.05, 0.1) is 23.1 Å². The topological polar surface area (TPSA) is 92.7 Å². The molecule has 0 unspecified atom stereocenters. The second-order valence-corrected chi connectivity index (χ2v) is 6.24. The summed E-state index contributed by atoms with van der Waals surface area (Å²) in [5, 5.41) is 13.0. The molecule has 0 aliphatic rings. The molecule has 3 rings (SSSR count). The first kappa shape index (κ1) is 17.5. The third-order valence-electron chi connectivity index (χ3n) is 3.79. The molecule has 0 aliphatic heterocycles. The van der Waals surface area contributed by atoms with Crippen LogP contribution in [-0.4, -0.2) is 25.9 Å². The van der Waals surface area contributed by atoms with Crippen molar-refractivity contribution in [3.63, 3.8) is 0 Å². The number of carbonyl (C=O) groups is 1. The number of rotatable bonds is 4. The summed E-state index contributed by atoms with van der Waals surface area (Å²) in [6.45, 7) is 5.64. The van der Waals surface area contributed by atoms with Crippen LogP contribution >= 0.6 is 0 Å². The molecule has 0 atom stereocenters. The fraction of sp³-hybridized carbons (Fsp3) is 0.222. The van der Waals surface area contributed by atoms with E-state index in [1.807, 2.05) is 13.8 Å². The summed E-state index contributed by atoms with van der Waals surface area (Å²) in [5.74, 6) is -1.10. The zero-order chi connectivity index (χ0) is 18.8. The first-order valence-corrected chi connectivity index (χ1v) is 8.06. The van der Waals surface area contributed by atoms with Crippen LogP contribution in [-0.2, 0) is 0 Å². The maximum atomic E-state index is 14.0. The summed E-state index contributed by atoms with van der Waals surface area (Å²) >= 11 is 0. The number of benzene rings is 1. The Balaban J connectivity index is 1.92. The van der Waals surface area contributed by atoms with Crippen LogP contribution in [0, 0.1) is 12.7 Å². The molecule has 2 N–H and O–H groups in total. The largest absolute Gasteiger partial charge is 0.319 e. The van der Waals surface area contributed by atoms with Gasteiger partial charge >= 0.3 is 0 Å². The molecule has 2 aromatic heterocycles. The number of nitrogens with one attached hydrogen (secondary N) is 2. The summed E-state index contributed by atoms with van der Waals surface area (Å²) in [4.78, 5) is 24.4. The normalized spacial score (nSPS) is 11.0. The minimum atomic E-state index is -0.612. The quantitative estimate of drug-likeness (QED) is 0.752. The molecule has 0 saturated heterocycles. The number of aromatic amines is 1. The molecule has 0 spiro atoms. The molecule has 3 aromatic rings. The number of halogens is 1. The van der Waals surface area contributed by atoms with E-state index in [0.29, 0.717) is 16.9 Å². The number of nitrogens with zero attached hydrogens (tertiary/aromatic N) is 3. The molecule has 7 nitrogen and oxygen atoms in total. The van der Waals surface area contributed by atoms with Crippen molar-refractivity contribution in [2.24, 2.45) is 0 Å². The lowest BCUT2D eigenvalue weighted by Crippen LogP contribution is -2.14. The highest BCUT2D eigenvalue weighted by molar-refractivity contribution is 6.04. The Labute approximate surface area is 148 Å². The smallest absolute Gasteiger partial charge is 0.272 e. The van der Waals surface area contributed by atoms with Crippen molar-refractivity contribution in [1.29, 1.82) is 0 Å². The summed E-state index contributed by atoms with van der Waals surface area (Å²) in [5.41, 5.74) is 1.29. The van der Waals surface area contributed by atoms with Gasteiger partial charge in [-0.3, -0.25) is 14.3 Å². The van der Waals surface area contributed by atoms with Crippen LogP contribution in [0.5, 0.6) is 0 Å². The van der Waals surface area contributed by atoms with Gasteiger partial charge in [0.2, 0.25) is 0 Å². The van der Waals surface area contributed by atoms with Crippen molar-refractivity contribution in [3.05, 3.63) is 64.1 Å². The van der Waals surface area contributed by atoms with Crippen LogP contribution in [0.4, 0.5) is 10.1 Å². The second-order valence-electron chi connectivity index (χ2n) is 6.24. The number of anilines is 1. The molecule has 0 radical (unpaired) electrons. The Morgan fingerprint density at radius 3 is 2.73 bits per heavy atom. The van der Waals surface area contributed by atoms with E-state index in [2.05, 4.69) is 20.6 Å². The van der Waals surface area contributed by atoms with Gasteiger partial charge in [-0.25, -0.2) is 9.49 Å². The molecule has 1 aromatic carbocycles. The van der Waals surface area contributed by atoms with E-state index in [0.717, 1.165) is 6.07 Å². The van der Waals surface area contributed by atoms with Gasteiger partial charge in [0.1, 0.15) is 5.82 Å². The molecule has 0 fully saturated rings. The average Bonchev–Trinajstić information content (AvgIpc) is 3.05. The zero-order valence-electron chi connectivity index (χ0n) is 14.6. The maximum Gasteiger partial charge on any atom is 0.272 e. The maximum absolute atomic E-state index is 14.0. The van der Waals surface area contributed by atoms with Gasteiger partial charge in [0, 0.05) is 17.8 Å². The van der Waals surface area contributed by atoms with Gasteiger partial charge in [0.25, 0.3) is 11.5 Å². The molecule has 0 aliphatic carbocycles. The third-order valence-corrected chi connectivity index (χ3v) is 3.79. The first-order valence-electron chi connectivity index (χ1n) is 8.06. The predicted octanol–water partition coefficient (Wildman–Crippen LogP) is 2.91. The van der Waals surface area contributed by atoms with Gasteiger partial charge in [-0.15, -0.1) is 0 Å². The molecular formula is C18H18FN5O2. The predicted molar refractivity (Wildman–Crippen MR) is 95.6 cm³/mol. The summed E-state index contributed by atoms with van der Waals surface area (Å²) < 4.78 is 15.7. The Morgan fingerprint density at radius 2 is 2.04 bits per heavy atom. The standard InChI is InChI=1S/C18H18FN5O2/c1-10(2)24-9-15(8-20-24)21-17(25)13-5-12(6-14(19)7-13)16-4-11(3)22-23-18(16)26/h4-10H,1-3H3,(H,21,25)(H,23,26). The first-order chi connectivity index (χ1) is 12.3. The Morgan fingerprint density at radius 1 is 1.27 bits per heavy atom. The van der Waals surface area contributed by atoms with Crippen molar-refractivity contribution >= 4 is 11.6 Å². The van der Waals surface area contributed by atoms with Gasteiger partial charge in [-0.05, 0) is 50.6 Å². The Kier molecular flexibility index (Phi) is 4.66. The van der Waals surface area contributed by atoms with E-state index < -0.39 is 17.3 Å². The van der Waals surface area contributed by atoms with E-state index in [9.17, 15) is 14.0 Å². The highest BCUT2D eigenvalue weighted by atomic mass is 19.1. The van der Waals surface area contributed by atoms with Crippen LogP contribution < -0.4 is 10.9 Å². The van der Waals surface area contributed by atoms with Crippen molar-refractivity contribution in [2.75, 3.05) is 5.32 Å². The van der Waals surface area contributed by atoms with E-state index >= 15 is 0 Å². The average molecular weight is 355 g/mol. The Hall–Kier alpha value is -3.29. The molecule has 2 heterocycles.